The third kappa shape index (κ3) is 15.2. The van der Waals surface area contributed by atoms with Crippen molar-refractivity contribution in [1.82, 2.24) is 5.32 Å². The fourth-order valence-corrected chi connectivity index (χ4v) is 3.75. The third-order valence-corrected chi connectivity index (χ3v) is 5.54. The van der Waals surface area contributed by atoms with Gasteiger partial charge in [0.2, 0.25) is 0 Å². The van der Waals surface area contributed by atoms with Crippen LogP contribution in [0.15, 0.2) is 24.3 Å². The lowest BCUT2D eigenvalue weighted by molar-refractivity contribution is -0.202. The molecule has 1 aromatic carbocycles. The fourth-order valence-electron chi connectivity index (χ4n) is 3.27. The molecule has 0 radical (unpaired) electrons. The molecule has 0 heterocycles. The van der Waals surface area contributed by atoms with Crippen LogP contribution in [0.1, 0.15) is 40.2 Å². The molecule has 0 bridgehead atoms. The van der Waals surface area contributed by atoms with Crippen molar-refractivity contribution in [2.24, 2.45) is 0 Å². The zero-order valence-electron chi connectivity index (χ0n) is 22.9. The highest BCUT2D eigenvalue weighted by molar-refractivity contribution is 14.2. The molecule has 41 heavy (non-hydrogen) atoms. The molecule has 1 rings (SSSR count). The zero-order chi connectivity index (χ0) is 30.9. The smallest absolute Gasteiger partial charge is 0.303 e. The predicted octanol–water partition coefficient (Wildman–Crippen LogP) is 1.86. The van der Waals surface area contributed by atoms with Gasteiger partial charge in [0.1, 0.15) is 12.4 Å². The average molecular weight is 707 g/mol. The van der Waals surface area contributed by atoms with Gasteiger partial charge in [-0.3, -0.25) is 28.8 Å². The highest BCUT2D eigenvalue weighted by Gasteiger charge is 2.44. The first kappa shape index (κ1) is 35.5. The summed E-state index contributed by atoms with van der Waals surface area (Å²) in [5.41, 5.74) is 0.759. The van der Waals surface area contributed by atoms with Crippen LogP contribution in [0.5, 0.6) is 5.75 Å². The second-order valence-corrected chi connectivity index (χ2v) is 9.85. The van der Waals surface area contributed by atoms with Gasteiger partial charge in [-0.15, -0.1) is 0 Å². The molecule has 0 aliphatic carbocycles. The Balaban J connectivity index is 3.16. The number of nitrogens with one attached hydrogen (secondary N) is 1. The van der Waals surface area contributed by atoms with E-state index >= 15 is 0 Å². The third-order valence-electron chi connectivity index (χ3n) is 4.70. The Bertz CT molecular complexity index is 1150. The Morgan fingerprint density at radius 3 is 1.78 bits per heavy atom. The summed E-state index contributed by atoms with van der Waals surface area (Å²) in [5.74, 6) is -1.47. The summed E-state index contributed by atoms with van der Waals surface area (Å²) < 4.78 is 31.5. The molecular weight excluding hydrogens is 677 g/mol. The van der Waals surface area contributed by atoms with Gasteiger partial charge < -0.3 is 33.7 Å². The number of rotatable bonds is 14. The molecule has 0 unspecified atom stereocenters. The van der Waals surface area contributed by atoms with Gasteiger partial charge in [-0.1, -0.05) is 5.92 Å². The molecule has 1 amide bonds. The van der Waals surface area contributed by atoms with Gasteiger partial charge in [0.15, 0.2) is 31.0 Å². The van der Waals surface area contributed by atoms with Crippen LogP contribution in [0.4, 0.5) is 0 Å². The molecule has 0 aromatic heterocycles. The molecule has 1 N–H and O–H groups in total. The van der Waals surface area contributed by atoms with E-state index in [1.807, 2.05) is 0 Å². The SMILES string of the molecule is CC(=O)OC[C@H](OC(C)=O)[C@H](OC(C)=O)[C@@H](OC(C)=O)[C@@H](CNC(=O)COc1ccc(C#CSI)cc1)OC(C)=O. The summed E-state index contributed by atoms with van der Waals surface area (Å²) in [7, 11) is 1.34. The maximum atomic E-state index is 12.5. The van der Waals surface area contributed by atoms with Crippen LogP contribution in [0.25, 0.3) is 0 Å². The number of amides is 1. The number of ether oxygens (including phenoxy) is 6. The van der Waals surface area contributed by atoms with E-state index in [1.165, 1.54) is 8.93 Å². The summed E-state index contributed by atoms with van der Waals surface area (Å²) >= 11 is 2.05. The minimum absolute atomic E-state index is 0.395. The minimum atomic E-state index is -1.61. The van der Waals surface area contributed by atoms with E-state index in [1.54, 1.807) is 24.3 Å². The molecule has 0 saturated carbocycles. The molecule has 224 valence electrons. The van der Waals surface area contributed by atoms with Gasteiger partial charge in [0.05, 0.1) is 6.54 Å². The summed E-state index contributed by atoms with van der Waals surface area (Å²) in [6.45, 7) is 3.87. The lowest BCUT2D eigenvalue weighted by Gasteiger charge is -2.35. The second kappa shape index (κ2) is 18.8. The van der Waals surface area contributed by atoms with Crippen LogP contribution in [0, 0.1) is 11.2 Å². The zero-order valence-corrected chi connectivity index (χ0v) is 25.9. The summed E-state index contributed by atoms with van der Waals surface area (Å²) in [5, 5.41) is 5.35. The lowest BCUT2D eigenvalue weighted by Crippen LogP contribution is -2.55. The molecule has 4 atom stereocenters. The summed E-state index contributed by atoms with van der Waals surface area (Å²) in [4.78, 5) is 71.6. The molecule has 0 aliphatic rings. The van der Waals surface area contributed by atoms with E-state index < -0.39 is 79.9 Å². The Labute approximate surface area is 253 Å². The number of esters is 5. The van der Waals surface area contributed by atoms with Gasteiger partial charge in [-0.25, -0.2) is 0 Å². The topological polar surface area (TPSA) is 170 Å². The normalized spacial score (nSPS) is 13.0. The summed E-state index contributed by atoms with van der Waals surface area (Å²) in [6.07, 6.45) is -6.11. The summed E-state index contributed by atoms with van der Waals surface area (Å²) in [6, 6.07) is 6.71. The van der Waals surface area contributed by atoms with Gasteiger partial charge in [0.25, 0.3) is 5.91 Å². The van der Waals surface area contributed by atoms with Crippen LogP contribution in [0.2, 0.25) is 0 Å². The maximum absolute atomic E-state index is 12.5. The van der Waals surface area contributed by atoms with Crippen LogP contribution in [-0.4, -0.2) is 79.9 Å². The predicted molar refractivity (Wildman–Crippen MR) is 152 cm³/mol. The van der Waals surface area contributed by atoms with Crippen molar-refractivity contribution in [3.8, 4) is 16.9 Å². The Kier molecular flexibility index (Phi) is 16.2. The van der Waals surface area contributed by atoms with Crippen molar-refractivity contribution in [2.45, 2.75) is 59.0 Å². The van der Waals surface area contributed by atoms with Gasteiger partial charge >= 0.3 is 29.8 Å². The Hall–Kier alpha value is -3.52. The van der Waals surface area contributed by atoms with E-state index in [0.29, 0.717) is 5.75 Å². The standard InChI is InChI=1S/C26H30INO12S/c1-15(29)35-13-23(38-17(3)31)26(40-19(5)33)25(39-18(4)32)22(37-16(2)30)12-28-24(34)14-36-21-8-6-20(7-9-21)10-11-41-27/h6-9,22-23,25-26H,12-14H2,1-5H3,(H,28,34)/t22-,23+,25+,26+/m1/s1. The number of benzene rings is 1. The first-order valence-corrected chi connectivity index (χ1v) is 15.3. The number of halogens is 1. The van der Waals surface area contributed by atoms with Crippen molar-refractivity contribution in [2.75, 3.05) is 19.8 Å². The molecule has 0 saturated heterocycles. The van der Waals surface area contributed by atoms with E-state index in [2.05, 4.69) is 37.7 Å². The van der Waals surface area contributed by atoms with Crippen LogP contribution in [-0.2, 0) is 52.5 Å². The molecule has 15 heteroatoms. The van der Waals surface area contributed by atoms with Crippen LogP contribution >= 0.6 is 30.1 Å². The van der Waals surface area contributed by atoms with Crippen LogP contribution in [0.3, 0.4) is 0 Å². The molecule has 1 aromatic rings. The number of hydrogen-bond donors (Lipinski definition) is 1. The first-order valence-electron chi connectivity index (χ1n) is 11.9. The average Bonchev–Trinajstić information content (AvgIpc) is 2.88. The molecule has 0 fully saturated rings. The molecular formula is C26H30INO12S. The minimum Gasteiger partial charge on any atom is -0.484 e. The monoisotopic (exact) mass is 707 g/mol. The highest BCUT2D eigenvalue weighted by atomic mass is 127. The molecule has 13 nitrogen and oxygen atoms in total. The highest BCUT2D eigenvalue weighted by Crippen LogP contribution is 2.20. The maximum Gasteiger partial charge on any atom is 0.303 e. The first-order chi connectivity index (χ1) is 19.3. The lowest BCUT2D eigenvalue weighted by atomic mass is 10.0. The Morgan fingerprint density at radius 2 is 1.29 bits per heavy atom. The van der Waals surface area contributed by atoms with Gasteiger partial charge in [-0.05, 0) is 38.5 Å². The van der Waals surface area contributed by atoms with Crippen molar-refractivity contribution in [1.29, 1.82) is 0 Å². The largest absolute Gasteiger partial charge is 0.484 e. The number of carbonyl (C=O) groups excluding carboxylic acids is 6. The van der Waals surface area contributed by atoms with Gasteiger partial charge in [0, 0.05) is 61.4 Å². The van der Waals surface area contributed by atoms with Crippen molar-refractivity contribution < 1.29 is 57.2 Å². The van der Waals surface area contributed by atoms with Gasteiger partial charge in [-0.2, -0.15) is 0 Å². The van der Waals surface area contributed by atoms with Crippen molar-refractivity contribution >= 4 is 65.9 Å². The quantitative estimate of drug-likeness (QED) is 0.129. The second-order valence-electron chi connectivity index (χ2n) is 8.17. The van der Waals surface area contributed by atoms with E-state index in [-0.39, 0.29) is 0 Å². The number of hydrogen-bond acceptors (Lipinski definition) is 13. The van der Waals surface area contributed by atoms with E-state index in [4.69, 9.17) is 28.4 Å². The fraction of sp³-hybridized carbons (Fsp3) is 0.462. The van der Waals surface area contributed by atoms with Crippen LogP contribution < -0.4 is 10.1 Å². The molecule has 0 spiro atoms. The van der Waals surface area contributed by atoms with Crippen molar-refractivity contribution in [3.05, 3.63) is 29.8 Å². The molecule has 0 aliphatic heterocycles. The number of carbonyl (C=O) groups is 6. The van der Waals surface area contributed by atoms with Crippen molar-refractivity contribution in [3.63, 3.8) is 0 Å². The van der Waals surface area contributed by atoms with E-state index in [9.17, 15) is 28.8 Å². The van der Waals surface area contributed by atoms with E-state index in [0.717, 1.165) is 40.2 Å². The Morgan fingerprint density at radius 1 is 0.780 bits per heavy atom.